The van der Waals surface area contributed by atoms with Gasteiger partial charge in [-0.3, -0.25) is 0 Å². The lowest BCUT2D eigenvalue weighted by molar-refractivity contribution is 0.625. The van der Waals surface area contributed by atoms with Gasteiger partial charge in [0.05, 0.1) is 0 Å². The van der Waals surface area contributed by atoms with Gasteiger partial charge in [0, 0.05) is 21.3 Å². The van der Waals surface area contributed by atoms with E-state index in [1.807, 2.05) is 30.5 Å². The van der Waals surface area contributed by atoms with Crippen LogP contribution in [-0.2, 0) is 0 Å². The first-order chi connectivity index (χ1) is 8.19. The smallest absolute Gasteiger partial charge is 0.166 e. The van der Waals surface area contributed by atoms with Crippen molar-refractivity contribution in [1.29, 1.82) is 0 Å². The van der Waals surface area contributed by atoms with E-state index in [1.165, 1.54) is 11.0 Å². The van der Waals surface area contributed by atoms with Gasteiger partial charge in [-0.1, -0.05) is 0 Å². The van der Waals surface area contributed by atoms with Crippen LogP contribution in [0.5, 0.6) is 0 Å². The fourth-order valence-electron chi connectivity index (χ4n) is 1.32. The van der Waals surface area contributed by atoms with E-state index in [1.54, 1.807) is 18.0 Å². The van der Waals surface area contributed by atoms with Crippen molar-refractivity contribution >= 4 is 39.2 Å². The number of hydrogen-bond donors (Lipinski definition) is 1. The van der Waals surface area contributed by atoms with Gasteiger partial charge in [0.15, 0.2) is 11.6 Å². The van der Waals surface area contributed by atoms with Crippen LogP contribution < -0.4 is 5.32 Å². The average molecular weight is 313 g/mol. The molecule has 0 spiro atoms. The van der Waals surface area contributed by atoms with Crippen LogP contribution in [0.1, 0.15) is 0 Å². The molecular weight excluding hydrogens is 303 g/mol. The molecule has 0 radical (unpaired) electrons. The van der Waals surface area contributed by atoms with Crippen LogP contribution in [-0.4, -0.2) is 11.2 Å². The summed E-state index contributed by atoms with van der Waals surface area (Å²) in [4.78, 5) is 5.14. The summed E-state index contributed by atoms with van der Waals surface area (Å²) in [5, 5.41) is 2.93. The van der Waals surface area contributed by atoms with Gasteiger partial charge in [0.2, 0.25) is 0 Å². The molecule has 0 saturated heterocycles. The van der Waals surface area contributed by atoms with Gasteiger partial charge >= 0.3 is 0 Å². The molecule has 0 fully saturated rings. The number of thioether (sulfide) groups is 1. The van der Waals surface area contributed by atoms with Crippen LogP contribution in [0.2, 0.25) is 0 Å². The van der Waals surface area contributed by atoms with E-state index in [0.29, 0.717) is 4.47 Å². The van der Waals surface area contributed by atoms with Crippen LogP contribution in [0.3, 0.4) is 0 Å². The van der Waals surface area contributed by atoms with Crippen LogP contribution >= 0.6 is 27.7 Å². The molecule has 2 aromatic rings. The molecule has 2 rings (SSSR count). The lowest BCUT2D eigenvalue weighted by atomic mass is 10.3. The fraction of sp³-hybridized carbons (Fsp3) is 0.0833. The van der Waals surface area contributed by atoms with Crippen molar-refractivity contribution in [2.75, 3.05) is 11.6 Å². The molecule has 0 aliphatic heterocycles. The second kappa shape index (κ2) is 5.51. The van der Waals surface area contributed by atoms with Crippen LogP contribution in [0.25, 0.3) is 0 Å². The monoisotopic (exact) mass is 312 g/mol. The summed E-state index contributed by atoms with van der Waals surface area (Å²) in [5.41, 5.74) is 0.816. The fourth-order valence-corrected chi connectivity index (χ4v) is 2.03. The predicted octanol–water partition coefficient (Wildman–Crippen LogP) is 4.45. The van der Waals surface area contributed by atoms with Crippen molar-refractivity contribution in [3.8, 4) is 0 Å². The standard InChI is InChI=1S/C12H10BrFN2S/c1-17-10-4-2-9(3-5-10)16-12-11(14)6-8(13)7-15-12/h2-7H,1H3,(H,15,16). The number of pyridine rings is 1. The highest BCUT2D eigenvalue weighted by Gasteiger charge is 2.04. The first kappa shape index (κ1) is 12.4. The summed E-state index contributed by atoms with van der Waals surface area (Å²) in [5.74, 6) is -0.154. The van der Waals surface area contributed by atoms with Gasteiger partial charge in [-0.25, -0.2) is 9.37 Å². The Labute approximate surface area is 112 Å². The molecule has 0 amide bonds. The molecule has 17 heavy (non-hydrogen) atoms. The first-order valence-electron chi connectivity index (χ1n) is 4.91. The molecule has 2 nitrogen and oxygen atoms in total. The van der Waals surface area contributed by atoms with E-state index in [4.69, 9.17) is 0 Å². The second-order valence-corrected chi connectivity index (χ2v) is 5.13. The summed E-state index contributed by atoms with van der Waals surface area (Å²) in [6.07, 6.45) is 3.57. The number of aromatic nitrogens is 1. The molecule has 1 aromatic carbocycles. The zero-order valence-electron chi connectivity index (χ0n) is 9.08. The maximum atomic E-state index is 13.5. The zero-order valence-corrected chi connectivity index (χ0v) is 11.5. The first-order valence-corrected chi connectivity index (χ1v) is 6.93. The lowest BCUT2D eigenvalue weighted by Crippen LogP contribution is -1.96. The summed E-state index contributed by atoms with van der Waals surface area (Å²) < 4.78 is 14.1. The van der Waals surface area contributed by atoms with E-state index >= 15 is 0 Å². The summed E-state index contributed by atoms with van der Waals surface area (Å²) in [7, 11) is 0. The van der Waals surface area contributed by atoms with Crippen molar-refractivity contribution in [1.82, 2.24) is 4.98 Å². The molecule has 1 heterocycles. The number of hydrogen-bond acceptors (Lipinski definition) is 3. The molecule has 0 saturated carbocycles. The van der Waals surface area contributed by atoms with Crippen molar-refractivity contribution in [2.24, 2.45) is 0 Å². The third-order valence-electron chi connectivity index (χ3n) is 2.16. The van der Waals surface area contributed by atoms with Gasteiger partial charge in [-0.05, 0) is 52.5 Å². The van der Waals surface area contributed by atoms with Gasteiger partial charge < -0.3 is 5.32 Å². The summed E-state index contributed by atoms with van der Waals surface area (Å²) >= 11 is 4.83. The van der Waals surface area contributed by atoms with Gasteiger partial charge in [0.1, 0.15) is 0 Å². The van der Waals surface area contributed by atoms with E-state index in [-0.39, 0.29) is 11.6 Å². The van der Waals surface area contributed by atoms with Crippen LogP contribution in [0.4, 0.5) is 15.9 Å². The minimum absolute atomic E-state index is 0.227. The molecule has 0 aliphatic carbocycles. The van der Waals surface area contributed by atoms with Gasteiger partial charge in [-0.15, -0.1) is 11.8 Å². The number of halogens is 2. The molecule has 88 valence electrons. The third kappa shape index (κ3) is 3.20. The highest BCUT2D eigenvalue weighted by atomic mass is 79.9. The number of nitrogens with zero attached hydrogens (tertiary/aromatic N) is 1. The highest BCUT2D eigenvalue weighted by molar-refractivity contribution is 9.10. The molecule has 0 aliphatic rings. The second-order valence-electron chi connectivity index (χ2n) is 3.34. The quantitative estimate of drug-likeness (QED) is 0.848. The Hall–Kier alpha value is -1.07. The van der Waals surface area contributed by atoms with Gasteiger partial charge in [-0.2, -0.15) is 0 Å². The minimum atomic E-state index is -0.381. The molecule has 0 unspecified atom stereocenters. The maximum Gasteiger partial charge on any atom is 0.166 e. The molecule has 0 atom stereocenters. The topological polar surface area (TPSA) is 24.9 Å². The van der Waals surface area contributed by atoms with Crippen molar-refractivity contribution in [3.63, 3.8) is 0 Å². The maximum absolute atomic E-state index is 13.5. The highest BCUT2D eigenvalue weighted by Crippen LogP contribution is 2.22. The Morgan fingerprint density at radius 2 is 2.00 bits per heavy atom. The van der Waals surface area contributed by atoms with E-state index < -0.39 is 0 Å². The van der Waals surface area contributed by atoms with Gasteiger partial charge in [0.25, 0.3) is 0 Å². The van der Waals surface area contributed by atoms with Crippen molar-refractivity contribution in [3.05, 3.63) is 46.8 Å². The Morgan fingerprint density at radius 1 is 1.29 bits per heavy atom. The van der Waals surface area contributed by atoms with Crippen LogP contribution in [0, 0.1) is 5.82 Å². The minimum Gasteiger partial charge on any atom is -0.338 e. The van der Waals surface area contributed by atoms with E-state index in [0.717, 1.165) is 5.69 Å². The SMILES string of the molecule is CSc1ccc(Nc2ncc(Br)cc2F)cc1. The normalized spacial score (nSPS) is 10.3. The number of nitrogens with one attached hydrogen (secondary N) is 1. The average Bonchev–Trinajstić information content (AvgIpc) is 2.34. The Bertz CT molecular complexity index is 516. The van der Waals surface area contributed by atoms with Crippen molar-refractivity contribution < 1.29 is 4.39 Å². The predicted molar refractivity (Wildman–Crippen MR) is 73.4 cm³/mol. The molecule has 0 bridgehead atoms. The Balaban J connectivity index is 2.19. The molecule has 5 heteroatoms. The summed E-state index contributed by atoms with van der Waals surface area (Å²) in [6, 6.07) is 9.13. The van der Waals surface area contributed by atoms with Crippen molar-refractivity contribution in [2.45, 2.75) is 4.90 Å². The number of anilines is 2. The van der Waals surface area contributed by atoms with E-state index in [9.17, 15) is 4.39 Å². The van der Waals surface area contributed by atoms with Crippen LogP contribution in [0.15, 0.2) is 45.9 Å². The summed E-state index contributed by atoms with van der Waals surface area (Å²) in [6.45, 7) is 0. The third-order valence-corrected chi connectivity index (χ3v) is 3.34. The largest absolute Gasteiger partial charge is 0.338 e. The molecular formula is C12H10BrFN2S. The zero-order chi connectivity index (χ0) is 12.3. The number of benzene rings is 1. The molecule has 1 N–H and O–H groups in total. The Morgan fingerprint density at radius 3 is 2.59 bits per heavy atom. The lowest BCUT2D eigenvalue weighted by Gasteiger charge is -2.07. The number of rotatable bonds is 3. The molecule has 1 aromatic heterocycles. The van der Waals surface area contributed by atoms with E-state index in [2.05, 4.69) is 26.2 Å². The Kier molecular flexibility index (Phi) is 4.02.